The normalized spacial score (nSPS) is 17.0. The molecule has 0 aliphatic carbocycles. The lowest BCUT2D eigenvalue weighted by Gasteiger charge is -2.28. The third kappa shape index (κ3) is 5.14. The van der Waals surface area contributed by atoms with Gasteiger partial charge in [-0.25, -0.2) is 4.39 Å². The number of hydrogen-bond acceptors (Lipinski definition) is 3. The highest BCUT2D eigenvalue weighted by molar-refractivity contribution is 7.80. The molecule has 1 saturated heterocycles. The predicted molar refractivity (Wildman–Crippen MR) is 158 cm³/mol. The van der Waals surface area contributed by atoms with Gasteiger partial charge >= 0.3 is 0 Å². The zero-order valence-corrected chi connectivity index (χ0v) is 23.6. The molecule has 0 bridgehead atoms. The van der Waals surface area contributed by atoms with Gasteiger partial charge in [0, 0.05) is 34.9 Å². The second-order valence-corrected chi connectivity index (χ2v) is 10.7. The van der Waals surface area contributed by atoms with Crippen LogP contribution in [0.25, 0.3) is 5.69 Å². The van der Waals surface area contributed by atoms with Gasteiger partial charge in [-0.2, -0.15) is 0 Å². The molecule has 0 spiro atoms. The molecule has 200 valence electrons. The number of carbonyl (C=O) groups excluding carboxylic acids is 1. The fraction of sp³-hybridized carbons (Fsp3) is 0.233. The van der Waals surface area contributed by atoms with Crippen molar-refractivity contribution in [2.45, 2.75) is 39.8 Å². The monoisotopic (exact) mass is 561 g/mol. The van der Waals surface area contributed by atoms with Gasteiger partial charge in [-0.1, -0.05) is 37.6 Å². The molecule has 0 radical (unpaired) electrons. The molecule has 1 amide bonds. The van der Waals surface area contributed by atoms with Gasteiger partial charge in [0.25, 0.3) is 0 Å². The second kappa shape index (κ2) is 10.8. The number of benzene rings is 2. The van der Waals surface area contributed by atoms with Crippen molar-refractivity contribution in [3.05, 3.63) is 106 Å². The number of nitrogens with zero attached hydrogens (tertiary/aromatic N) is 3. The van der Waals surface area contributed by atoms with Crippen LogP contribution in [0.2, 0.25) is 5.02 Å². The maximum Gasteiger partial charge on any atom is 0.226 e. The summed E-state index contributed by atoms with van der Waals surface area (Å²) in [7, 11) is 0. The van der Waals surface area contributed by atoms with Gasteiger partial charge in [0.1, 0.15) is 5.82 Å². The van der Waals surface area contributed by atoms with E-state index in [-0.39, 0.29) is 29.7 Å². The van der Waals surface area contributed by atoms with E-state index in [1.807, 2.05) is 73.6 Å². The maximum atomic E-state index is 14.1. The zero-order chi connectivity index (χ0) is 27.8. The molecule has 2 N–H and O–H groups in total. The van der Waals surface area contributed by atoms with Crippen molar-refractivity contribution >= 4 is 46.2 Å². The number of hydrogen-bond donors (Lipinski definition) is 2. The fourth-order valence-electron chi connectivity index (χ4n) is 5.08. The van der Waals surface area contributed by atoms with Crippen LogP contribution in [-0.4, -0.2) is 20.6 Å². The number of halogens is 2. The molecule has 2 aromatic heterocycles. The molecule has 1 aliphatic heterocycles. The molecule has 0 unspecified atom stereocenters. The summed E-state index contributed by atoms with van der Waals surface area (Å²) in [6.45, 7) is 7.69. The Bertz CT molecular complexity index is 1550. The molecule has 1 fully saturated rings. The molecule has 2 atom stereocenters. The van der Waals surface area contributed by atoms with Gasteiger partial charge in [0.15, 0.2) is 5.11 Å². The molecular weight excluding hydrogens is 533 g/mol. The van der Waals surface area contributed by atoms with Crippen molar-refractivity contribution in [1.29, 1.82) is 0 Å². The van der Waals surface area contributed by atoms with Crippen LogP contribution in [0.4, 0.5) is 15.8 Å². The van der Waals surface area contributed by atoms with Crippen molar-refractivity contribution in [2.24, 2.45) is 5.92 Å². The molecule has 4 aromatic rings. The number of anilines is 2. The van der Waals surface area contributed by atoms with Crippen molar-refractivity contribution in [1.82, 2.24) is 14.9 Å². The van der Waals surface area contributed by atoms with Crippen LogP contribution >= 0.6 is 23.8 Å². The molecule has 39 heavy (non-hydrogen) atoms. The third-order valence-electron chi connectivity index (χ3n) is 6.97. The average molecular weight is 562 g/mol. The Hall–Kier alpha value is -3.75. The Morgan fingerprint density at radius 2 is 1.87 bits per heavy atom. The third-order valence-corrected chi connectivity index (χ3v) is 7.59. The molecule has 5 rings (SSSR count). The lowest BCUT2D eigenvalue weighted by atomic mass is 9.96. The Labute approximate surface area is 237 Å². The summed E-state index contributed by atoms with van der Waals surface area (Å²) >= 11 is 12.5. The lowest BCUT2D eigenvalue weighted by Crippen LogP contribution is -2.29. The van der Waals surface area contributed by atoms with Gasteiger partial charge in [-0.3, -0.25) is 9.78 Å². The van der Waals surface area contributed by atoms with Crippen molar-refractivity contribution in [3.8, 4) is 5.69 Å². The number of aromatic nitrogens is 2. The van der Waals surface area contributed by atoms with Crippen LogP contribution in [-0.2, 0) is 4.79 Å². The fourth-order valence-corrected chi connectivity index (χ4v) is 5.65. The minimum Gasteiger partial charge on any atom is -0.351 e. The first kappa shape index (κ1) is 26.8. The van der Waals surface area contributed by atoms with Crippen LogP contribution in [0.3, 0.4) is 0 Å². The lowest BCUT2D eigenvalue weighted by molar-refractivity contribution is -0.118. The largest absolute Gasteiger partial charge is 0.351 e. The quantitative estimate of drug-likeness (QED) is 0.247. The van der Waals surface area contributed by atoms with E-state index < -0.39 is 0 Å². The molecule has 2 aromatic carbocycles. The van der Waals surface area contributed by atoms with Crippen LogP contribution < -0.4 is 15.5 Å². The standard InChI is InChI=1S/C30H29ClFN5OS/c1-17(2)29(38)34-25-12-11-22(16-24(25)31)37-28(27(35-30(37)39)26-10-5-6-13-33-26)23-14-18(3)36(19(23)4)21-9-7-8-20(32)15-21/h5-17,27-28H,1-4H3,(H,34,38)(H,35,39)/t27-,28+/m0/s1. The number of rotatable bonds is 6. The summed E-state index contributed by atoms with van der Waals surface area (Å²) in [6, 6.07) is 19.5. The maximum absolute atomic E-state index is 14.1. The Balaban J connectivity index is 1.62. The SMILES string of the molecule is Cc1cc([C@@H]2[C@H](c3ccccn3)NC(=S)N2c2ccc(NC(=O)C(C)C)c(Cl)c2)c(C)n1-c1cccc(F)c1. The number of amides is 1. The highest BCUT2D eigenvalue weighted by Gasteiger charge is 2.42. The van der Waals surface area contributed by atoms with E-state index in [4.69, 9.17) is 23.8 Å². The first-order valence-electron chi connectivity index (χ1n) is 12.7. The predicted octanol–water partition coefficient (Wildman–Crippen LogP) is 7.05. The molecule has 6 nitrogen and oxygen atoms in total. The smallest absolute Gasteiger partial charge is 0.226 e. The van der Waals surface area contributed by atoms with E-state index in [0.717, 1.165) is 34.0 Å². The second-order valence-electron chi connectivity index (χ2n) is 9.95. The summed E-state index contributed by atoms with van der Waals surface area (Å²) < 4.78 is 16.2. The van der Waals surface area contributed by atoms with Crippen molar-refractivity contribution < 1.29 is 9.18 Å². The number of thiocarbonyl (C=S) groups is 1. The summed E-state index contributed by atoms with van der Waals surface area (Å²) in [5.41, 5.74) is 5.86. The average Bonchev–Trinajstić information content (AvgIpc) is 3.40. The molecule has 1 aliphatic rings. The Kier molecular flexibility index (Phi) is 7.42. The van der Waals surface area contributed by atoms with E-state index in [1.54, 1.807) is 18.3 Å². The van der Waals surface area contributed by atoms with E-state index in [9.17, 15) is 9.18 Å². The van der Waals surface area contributed by atoms with Crippen molar-refractivity contribution in [2.75, 3.05) is 10.2 Å². The molecule has 9 heteroatoms. The minimum atomic E-state index is -0.294. The van der Waals surface area contributed by atoms with Gasteiger partial charge < -0.3 is 20.1 Å². The number of aryl methyl sites for hydroxylation is 1. The highest BCUT2D eigenvalue weighted by atomic mass is 35.5. The molecule has 3 heterocycles. The van der Waals surface area contributed by atoms with Crippen LogP contribution in [0.5, 0.6) is 0 Å². The summed E-state index contributed by atoms with van der Waals surface area (Å²) in [6.07, 6.45) is 1.76. The molecule has 0 saturated carbocycles. The van der Waals surface area contributed by atoms with Crippen LogP contribution in [0.1, 0.15) is 48.6 Å². The Morgan fingerprint density at radius 3 is 2.54 bits per heavy atom. The van der Waals surface area contributed by atoms with Gasteiger partial charge in [0.2, 0.25) is 5.91 Å². The zero-order valence-electron chi connectivity index (χ0n) is 22.1. The highest BCUT2D eigenvalue weighted by Crippen LogP contribution is 2.44. The topological polar surface area (TPSA) is 62.2 Å². The van der Waals surface area contributed by atoms with Gasteiger partial charge in [-0.15, -0.1) is 0 Å². The number of nitrogens with one attached hydrogen (secondary N) is 2. The number of pyridine rings is 1. The van der Waals surface area contributed by atoms with E-state index in [2.05, 4.69) is 21.7 Å². The number of carbonyl (C=O) groups is 1. The first-order valence-corrected chi connectivity index (χ1v) is 13.5. The van der Waals surface area contributed by atoms with E-state index in [1.165, 1.54) is 12.1 Å². The summed E-state index contributed by atoms with van der Waals surface area (Å²) in [4.78, 5) is 18.9. The van der Waals surface area contributed by atoms with Crippen molar-refractivity contribution in [3.63, 3.8) is 0 Å². The van der Waals surface area contributed by atoms with Crippen LogP contribution in [0, 0.1) is 25.6 Å². The van der Waals surface area contributed by atoms with E-state index >= 15 is 0 Å². The minimum absolute atomic E-state index is 0.110. The summed E-state index contributed by atoms with van der Waals surface area (Å²) in [5, 5.41) is 7.28. The van der Waals surface area contributed by atoms with E-state index in [0.29, 0.717) is 15.8 Å². The van der Waals surface area contributed by atoms with Gasteiger partial charge in [0.05, 0.1) is 28.5 Å². The first-order chi connectivity index (χ1) is 18.7. The Morgan fingerprint density at radius 1 is 1.08 bits per heavy atom. The summed E-state index contributed by atoms with van der Waals surface area (Å²) in [5.74, 6) is -0.577. The molecular formula is C30H29ClFN5OS. The van der Waals surface area contributed by atoms with Crippen LogP contribution in [0.15, 0.2) is 72.9 Å². The van der Waals surface area contributed by atoms with Gasteiger partial charge in [-0.05, 0) is 86.2 Å².